The van der Waals surface area contributed by atoms with Crippen LogP contribution in [0.1, 0.15) is 31.0 Å². The average Bonchev–Trinajstić information content (AvgIpc) is 2.53. The van der Waals surface area contributed by atoms with Gasteiger partial charge in [0.2, 0.25) is 0 Å². The first kappa shape index (κ1) is 11.6. The van der Waals surface area contributed by atoms with Crippen molar-refractivity contribution < 1.29 is 9.59 Å². The molecule has 88 valence electrons. The highest BCUT2D eigenvalue weighted by atomic mass is 16.2. The van der Waals surface area contributed by atoms with Gasteiger partial charge in [-0.05, 0) is 31.9 Å². The molecule has 0 fully saturated rings. The van der Waals surface area contributed by atoms with Crippen LogP contribution in [0, 0.1) is 6.92 Å². The second-order valence-corrected chi connectivity index (χ2v) is 4.37. The molecule has 1 aliphatic rings. The highest BCUT2D eigenvalue weighted by Crippen LogP contribution is 2.27. The van der Waals surface area contributed by atoms with Crippen LogP contribution in [0.25, 0.3) is 0 Å². The van der Waals surface area contributed by atoms with Crippen LogP contribution in [0.15, 0.2) is 35.9 Å². The fourth-order valence-corrected chi connectivity index (χ4v) is 2.17. The highest BCUT2D eigenvalue weighted by Gasteiger charge is 2.33. The zero-order valence-corrected chi connectivity index (χ0v) is 10.2. The van der Waals surface area contributed by atoms with Crippen LogP contribution in [0.2, 0.25) is 0 Å². The monoisotopic (exact) mass is 229 g/mol. The molecular weight excluding hydrogens is 214 g/mol. The van der Waals surface area contributed by atoms with Gasteiger partial charge >= 0.3 is 0 Å². The Kier molecular flexibility index (Phi) is 2.84. The molecule has 0 saturated heterocycles. The molecule has 0 aliphatic carbocycles. The van der Waals surface area contributed by atoms with E-state index >= 15 is 0 Å². The van der Waals surface area contributed by atoms with Gasteiger partial charge in [-0.3, -0.25) is 14.5 Å². The van der Waals surface area contributed by atoms with Gasteiger partial charge in [-0.1, -0.05) is 24.3 Å². The lowest BCUT2D eigenvalue weighted by Gasteiger charge is -2.24. The van der Waals surface area contributed by atoms with Crippen molar-refractivity contribution in [2.75, 3.05) is 0 Å². The maximum Gasteiger partial charge on any atom is 0.257 e. The summed E-state index contributed by atoms with van der Waals surface area (Å²) >= 11 is 0. The van der Waals surface area contributed by atoms with Gasteiger partial charge in [-0.25, -0.2) is 0 Å². The molecule has 1 heterocycles. The van der Waals surface area contributed by atoms with Gasteiger partial charge in [0.15, 0.2) is 0 Å². The second kappa shape index (κ2) is 4.17. The summed E-state index contributed by atoms with van der Waals surface area (Å²) in [5, 5.41) is 0. The van der Waals surface area contributed by atoms with Crippen LogP contribution in [0.3, 0.4) is 0 Å². The van der Waals surface area contributed by atoms with Crippen LogP contribution < -0.4 is 0 Å². The van der Waals surface area contributed by atoms with Crippen LogP contribution >= 0.6 is 0 Å². The number of hydrogen-bond donors (Lipinski definition) is 0. The number of carbonyl (C=O) groups excluding carboxylic acids is 2. The summed E-state index contributed by atoms with van der Waals surface area (Å²) in [4.78, 5) is 24.9. The number of hydrogen-bond acceptors (Lipinski definition) is 2. The summed E-state index contributed by atoms with van der Waals surface area (Å²) in [5.74, 6) is -0.408. The van der Waals surface area contributed by atoms with Gasteiger partial charge in [-0.15, -0.1) is 0 Å². The van der Waals surface area contributed by atoms with Crippen LogP contribution in [-0.2, 0) is 9.59 Å². The molecule has 1 aromatic carbocycles. The average molecular weight is 229 g/mol. The van der Waals surface area contributed by atoms with E-state index in [1.165, 1.54) is 11.0 Å². The van der Waals surface area contributed by atoms with E-state index in [4.69, 9.17) is 0 Å². The number of amides is 2. The quantitative estimate of drug-likeness (QED) is 0.730. The van der Waals surface area contributed by atoms with Crippen LogP contribution in [-0.4, -0.2) is 16.7 Å². The van der Waals surface area contributed by atoms with Crippen molar-refractivity contribution in [2.24, 2.45) is 0 Å². The molecule has 3 heteroatoms. The minimum absolute atomic E-state index is 0.189. The Morgan fingerprint density at radius 3 is 2.29 bits per heavy atom. The molecule has 0 radical (unpaired) electrons. The molecule has 17 heavy (non-hydrogen) atoms. The van der Waals surface area contributed by atoms with E-state index in [0.29, 0.717) is 5.57 Å². The molecule has 1 atom stereocenters. The van der Waals surface area contributed by atoms with Gasteiger partial charge in [0.05, 0.1) is 6.04 Å². The Morgan fingerprint density at radius 2 is 1.76 bits per heavy atom. The van der Waals surface area contributed by atoms with Gasteiger partial charge in [0, 0.05) is 11.6 Å². The molecule has 0 saturated carbocycles. The third-order valence-corrected chi connectivity index (χ3v) is 3.16. The fraction of sp³-hybridized carbons (Fsp3) is 0.286. The zero-order valence-electron chi connectivity index (χ0n) is 10.2. The molecule has 1 unspecified atom stereocenters. The molecule has 1 aliphatic heterocycles. The molecule has 0 N–H and O–H groups in total. The van der Waals surface area contributed by atoms with Gasteiger partial charge in [0.1, 0.15) is 0 Å². The first-order chi connectivity index (χ1) is 8.02. The lowest BCUT2D eigenvalue weighted by Crippen LogP contribution is -2.33. The Hall–Kier alpha value is -1.90. The molecular formula is C14H15NO2. The van der Waals surface area contributed by atoms with E-state index in [0.717, 1.165) is 11.1 Å². The first-order valence-corrected chi connectivity index (χ1v) is 5.63. The minimum Gasteiger partial charge on any atom is -0.269 e. The maximum atomic E-state index is 11.9. The SMILES string of the molecule is CC1=CC(=O)N(C(C)c2ccccc2C)C1=O. The molecule has 1 aromatic rings. The standard InChI is InChI=1S/C14H15NO2/c1-9-6-4-5-7-12(9)11(3)15-13(16)8-10(2)14(15)17/h4-8,11H,1-3H3. The van der Waals surface area contributed by atoms with Crippen molar-refractivity contribution in [1.29, 1.82) is 0 Å². The van der Waals surface area contributed by atoms with Gasteiger partial charge in [-0.2, -0.15) is 0 Å². The van der Waals surface area contributed by atoms with Crippen molar-refractivity contribution in [3.05, 3.63) is 47.0 Å². The summed E-state index contributed by atoms with van der Waals surface area (Å²) in [5.41, 5.74) is 2.61. The van der Waals surface area contributed by atoms with Crippen LogP contribution in [0.4, 0.5) is 0 Å². The smallest absolute Gasteiger partial charge is 0.257 e. The van der Waals surface area contributed by atoms with Crippen molar-refractivity contribution in [3.8, 4) is 0 Å². The number of nitrogens with zero attached hydrogens (tertiary/aromatic N) is 1. The van der Waals surface area contributed by atoms with Crippen molar-refractivity contribution in [2.45, 2.75) is 26.8 Å². The van der Waals surface area contributed by atoms with E-state index in [9.17, 15) is 9.59 Å². The number of aryl methyl sites for hydroxylation is 1. The predicted octanol–water partition coefficient (Wildman–Crippen LogP) is 2.37. The van der Waals surface area contributed by atoms with E-state index in [1.54, 1.807) is 6.92 Å². The molecule has 3 nitrogen and oxygen atoms in total. The number of carbonyl (C=O) groups is 2. The Bertz CT molecular complexity index is 517. The summed E-state index contributed by atoms with van der Waals surface area (Å²) in [6.07, 6.45) is 1.40. The second-order valence-electron chi connectivity index (χ2n) is 4.37. The van der Waals surface area contributed by atoms with Crippen molar-refractivity contribution in [1.82, 2.24) is 4.90 Å². The lowest BCUT2D eigenvalue weighted by atomic mass is 10.0. The number of rotatable bonds is 2. The Balaban J connectivity index is 2.34. The van der Waals surface area contributed by atoms with Crippen molar-refractivity contribution in [3.63, 3.8) is 0 Å². The first-order valence-electron chi connectivity index (χ1n) is 5.63. The normalized spacial score (nSPS) is 17.4. The Morgan fingerprint density at radius 1 is 1.12 bits per heavy atom. The van der Waals surface area contributed by atoms with Gasteiger partial charge in [0.25, 0.3) is 11.8 Å². The largest absolute Gasteiger partial charge is 0.269 e. The summed E-state index contributed by atoms with van der Waals surface area (Å²) < 4.78 is 0. The number of imide groups is 1. The highest BCUT2D eigenvalue weighted by molar-refractivity contribution is 6.16. The molecule has 0 bridgehead atoms. The van der Waals surface area contributed by atoms with E-state index in [1.807, 2.05) is 38.1 Å². The van der Waals surface area contributed by atoms with Gasteiger partial charge < -0.3 is 0 Å². The molecule has 2 amide bonds. The lowest BCUT2D eigenvalue weighted by molar-refractivity contribution is -0.139. The van der Waals surface area contributed by atoms with Crippen LogP contribution in [0.5, 0.6) is 0 Å². The predicted molar refractivity (Wildman–Crippen MR) is 65.2 cm³/mol. The fourth-order valence-electron chi connectivity index (χ4n) is 2.17. The summed E-state index contributed by atoms with van der Waals surface area (Å²) in [6.45, 7) is 5.53. The Labute approximate surface area is 101 Å². The third-order valence-electron chi connectivity index (χ3n) is 3.16. The third kappa shape index (κ3) is 1.88. The molecule has 0 aromatic heterocycles. The maximum absolute atomic E-state index is 11.9. The van der Waals surface area contributed by atoms with E-state index < -0.39 is 0 Å². The van der Waals surface area contributed by atoms with E-state index in [-0.39, 0.29) is 17.9 Å². The van der Waals surface area contributed by atoms with E-state index in [2.05, 4.69) is 0 Å². The summed E-state index contributed by atoms with van der Waals surface area (Å²) in [6, 6.07) is 7.59. The molecule has 2 rings (SSSR count). The topological polar surface area (TPSA) is 37.4 Å². The molecule has 0 spiro atoms. The van der Waals surface area contributed by atoms with Crippen molar-refractivity contribution >= 4 is 11.8 Å². The minimum atomic E-state index is -0.219. The zero-order chi connectivity index (χ0) is 12.6. The summed E-state index contributed by atoms with van der Waals surface area (Å²) in [7, 11) is 0. The number of benzene rings is 1.